The first kappa shape index (κ1) is 17.2. The van der Waals surface area contributed by atoms with E-state index in [1.165, 1.54) is 0 Å². The SMILES string of the molecule is CC(C)(C)N(C#N)N(C(=O)c1ccccc1)C(=O)c1ccccc1. The van der Waals surface area contributed by atoms with Crippen LogP contribution in [0.5, 0.6) is 0 Å². The standard InChI is InChI=1S/C19H19N3O2/c1-19(2,3)21(14-20)22(17(23)15-10-6-4-7-11-15)18(24)16-12-8-5-9-13-16/h4-13H,1-3H3. The molecule has 0 aliphatic rings. The van der Waals surface area contributed by atoms with Gasteiger partial charge in [-0.25, -0.2) is 5.01 Å². The molecule has 0 radical (unpaired) electrons. The lowest BCUT2D eigenvalue weighted by Crippen LogP contribution is -2.55. The van der Waals surface area contributed by atoms with Crippen molar-refractivity contribution in [3.05, 3.63) is 71.8 Å². The zero-order valence-electron chi connectivity index (χ0n) is 13.9. The molecule has 0 saturated carbocycles. The maximum absolute atomic E-state index is 12.9. The summed E-state index contributed by atoms with van der Waals surface area (Å²) in [4.78, 5) is 25.8. The molecule has 122 valence electrons. The summed E-state index contributed by atoms with van der Waals surface area (Å²) in [6, 6.07) is 16.9. The van der Waals surface area contributed by atoms with Gasteiger partial charge in [-0.2, -0.15) is 10.3 Å². The number of rotatable bonds is 3. The lowest BCUT2D eigenvalue weighted by molar-refractivity contribution is -0.0110. The minimum absolute atomic E-state index is 0.339. The Kier molecular flexibility index (Phi) is 5.00. The van der Waals surface area contributed by atoms with Crippen molar-refractivity contribution in [2.24, 2.45) is 0 Å². The van der Waals surface area contributed by atoms with Crippen LogP contribution in [0.15, 0.2) is 60.7 Å². The van der Waals surface area contributed by atoms with Gasteiger partial charge in [-0.15, -0.1) is 0 Å². The van der Waals surface area contributed by atoms with Crippen LogP contribution in [0.1, 0.15) is 41.5 Å². The van der Waals surface area contributed by atoms with E-state index in [1.54, 1.807) is 81.4 Å². The molecule has 0 saturated heterocycles. The molecule has 2 aromatic rings. The van der Waals surface area contributed by atoms with Gasteiger partial charge in [0, 0.05) is 11.1 Å². The molecular weight excluding hydrogens is 302 g/mol. The lowest BCUT2D eigenvalue weighted by Gasteiger charge is -2.37. The number of hydrogen-bond acceptors (Lipinski definition) is 4. The van der Waals surface area contributed by atoms with Crippen LogP contribution in [-0.4, -0.2) is 27.4 Å². The van der Waals surface area contributed by atoms with E-state index in [4.69, 9.17) is 0 Å². The number of nitriles is 1. The first-order chi connectivity index (χ1) is 11.4. The minimum Gasteiger partial charge on any atom is -0.267 e. The van der Waals surface area contributed by atoms with Crippen LogP contribution < -0.4 is 0 Å². The van der Waals surface area contributed by atoms with Gasteiger partial charge in [0.05, 0.1) is 5.54 Å². The number of hydrogen-bond donors (Lipinski definition) is 0. The highest BCUT2D eigenvalue weighted by Crippen LogP contribution is 2.20. The summed E-state index contributed by atoms with van der Waals surface area (Å²) >= 11 is 0. The van der Waals surface area contributed by atoms with E-state index in [2.05, 4.69) is 0 Å². The van der Waals surface area contributed by atoms with E-state index in [9.17, 15) is 14.9 Å². The van der Waals surface area contributed by atoms with Crippen molar-refractivity contribution in [2.45, 2.75) is 26.3 Å². The molecule has 0 fully saturated rings. The Balaban J connectivity index is 2.52. The van der Waals surface area contributed by atoms with Gasteiger partial charge in [0.2, 0.25) is 6.19 Å². The number of nitrogens with zero attached hydrogens (tertiary/aromatic N) is 3. The van der Waals surface area contributed by atoms with Gasteiger partial charge < -0.3 is 0 Å². The minimum atomic E-state index is -0.733. The first-order valence-electron chi connectivity index (χ1n) is 7.55. The van der Waals surface area contributed by atoms with E-state index in [0.717, 1.165) is 10.0 Å². The third-order valence-corrected chi connectivity index (χ3v) is 3.36. The Morgan fingerprint density at radius 2 is 1.21 bits per heavy atom. The summed E-state index contributed by atoms with van der Waals surface area (Å²) in [5, 5.41) is 11.6. The molecule has 5 heteroatoms. The Labute approximate surface area is 141 Å². The molecule has 0 aliphatic carbocycles. The Hall–Kier alpha value is -3.13. The fourth-order valence-corrected chi connectivity index (χ4v) is 2.17. The molecule has 0 N–H and O–H groups in total. The van der Waals surface area contributed by atoms with Crippen molar-refractivity contribution in [2.75, 3.05) is 0 Å². The Bertz CT molecular complexity index is 707. The van der Waals surface area contributed by atoms with Crippen molar-refractivity contribution in [1.82, 2.24) is 10.0 Å². The van der Waals surface area contributed by atoms with Crippen LogP contribution in [0.2, 0.25) is 0 Å². The molecule has 2 rings (SSSR count). The molecule has 0 heterocycles. The number of carbonyl (C=O) groups is 2. The Morgan fingerprint density at radius 3 is 1.50 bits per heavy atom. The summed E-state index contributed by atoms with van der Waals surface area (Å²) in [5.41, 5.74) is -0.0542. The van der Waals surface area contributed by atoms with Gasteiger partial charge >= 0.3 is 0 Å². The molecular formula is C19H19N3O2. The molecule has 24 heavy (non-hydrogen) atoms. The number of carbonyl (C=O) groups excluding carboxylic acids is 2. The highest BCUT2D eigenvalue weighted by Gasteiger charge is 2.36. The molecule has 0 atom stereocenters. The van der Waals surface area contributed by atoms with Crippen molar-refractivity contribution in [1.29, 1.82) is 5.26 Å². The first-order valence-corrected chi connectivity index (χ1v) is 7.55. The van der Waals surface area contributed by atoms with E-state index < -0.39 is 17.4 Å². The summed E-state index contributed by atoms with van der Waals surface area (Å²) in [6.45, 7) is 5.29. The third-order valence-electron chi connectivity index (χ3n) is 3.36. The average molecular weight is 321 g/mol. The monoisotopic (exact) mass is 321 g/mol. The van der Waals surface area contributed by atoms with E-state index in [-0.39, 0.29) is 0 Å². The summed E-state index contributed by atoms with van der Waals surface area (Å²) in [5.74, 6) is -1.08. The van der Waals surface area contributed by atoms with Gasteiger partial charge in [0.15, 0.2) is 0 Å². The average Bonchev–Trinajstić information content (AvgIpc) is 2.59. The topological polar surface area (TPSA) is 64.4 Å². The van der Waals surface area contributed by atoms with Gasteiger partial charge in [0.1, 0.15) is 0 Å². The summed E-state index contributed by atoms with van der Waals surface area (Å²) in [7, 11) is 0. The molecule has 5 nitrogen and oxygen atoms in total. The van der Waals surface area contributed by atoms with Gasteiger partial charge in [-0.3, -0.25) is 9.59 Å². The number of benzene rings is 2. The van der Waals surface area contributed by atoms with Crippen molar-refractivity contribution >= 4 is 11.8 Å². The van der Waals surface area contributed by atoms with Gasteiger partial charge in [-0.1, -0.05) is 36.4 Å². The van der Waals surface area contributed by atoms with Crippen LogP contribution in [0.25, 0.3) is 0 Å². The highest BCUT2D eigenvalue weighted by atomic mass is 16.2. The maximum atomic E-state index is 12.9. The number of hydrazine groups is 1. The quantitative estimate of drug-likeness (QED) is 0.376. The molecule has 0 spiro atoms. The zero-order chi connectivity index (χ0) is 17.7. The fourth-order valence-electron chi connectivity index (χ4n) is 2.17. The molecule has 0 aromatic heterocycles. The van der Waals surface area contributed by atoms with Crippen LogP contribution in [0, 0.1) is 11.5 Å². The molecule has 2 aromatic carbocycles. The predicted octanol–water partition coefficient (Wildman–Crippen LogP) is 3.47. The number of imide groups is 1. The smallest absolute Gasteiger partial charge is 0.267 e. The maximum Gasteiger partial charge on any atom is 0.280 e. The molecule has 0 aliphatic heterocycles. The zero-order valence-corrected chi connectivity index (χ0v) is 13.9. The Morgan fingerprint density at radius 1 is 0.833 bits per heavy atom. The van der Waals surface area contributed by atoms with Crippen LogP contribution in [-0.2, 0) is 0 Å². The van der Waals surface area contributed by atoms with E-state index in [1.807, 2.05) is 6.19 Å². The third kappa shape index (κ3) is 3.61. The van der Waals surface area contributed by atoms with Gasteiger partial charge in [-0.05, 0) is 45.0 Å². The van der Waals surface area contributed by atoms with Gasteiger partial charge in [0.25, 0.3) is 11.8 Å². The molecule has 0 bridgehead atoms. The van der Waals surface area contributed by atoms with E-state index >= 15 is 0 Å². The van der Waals surface area contributed by atoms with Crippen LogP contribution in [0.3, 0.4) is 0 Å². The van der Waals surface area contributed by atoms with Crippen LogP contribution in [0.4, 0.5) is 0 Å². The van der Waals surface area contributed by atoms with E-state index in [0.29, 0.717) is 11.1 Å². The summed E-state index contributed by atoms with van der Waals surface area (Å²) < 4.78 is 0. The lowest BCUT2D eigenvalue weighted by atomic mass is 10.1. The number of amides is 2. The second-order valence-electron chi connectivity index (χ2n) is 6.24. The molecule has 2 amide bonds. The van der Waals surface area contributed by atoms with Crippen LogP contribution >= 0.6 is 0 Å². The second-order valence-corrected chi connectivity index (χ2v) is 6.24. The predicted molar refractivity (Wildman–Crippen MR) is 90.6 cm³/mol. The second kappa shape index (κ2) is 6.97. The van der Waals surface area contributed by atoms with Crippen molar-refractivity contribution in [3.63, 3.8) is 0 Å². The largest absolute Gasteiger partial charge is 0.280 e. The van der Waals surface area contributed by atoms with Crippen molar-refractivity contribution in [3.8, 4) is 6.19 Å². The molecule has 0 unspecified atom stereocenters. The highest BCUT2D eigenvalue weighted by molar-refractivity contribution is 6.10. The fraction of sp³-hybridized carbons (Fsp3) is 0.211. The normalized spacial score (nSPS) is 10.6. The summed E-state index contributed by atoms with van der Waals surface area (Å²) in [6.07, 6.45) is 1.96. The van der Waals surface area contributed by atoms with Crippen molar-refractivity contribution < 1.29 is 9.59 Å².